The summed E-state index contributed by atoms with van der Waals surface area (Å²) in [5.41, 5.74) is 6.73. The van der Waals surface area contributed by atoms with Crippen molar-refractivity contribution in [3.63, 3.8) is 0 Å². The van der Waals surface area contributed by atoms with Crippen LogP contribution in [0.3, 0.4) is 0 Å². The fourth-order valence-electron chi connectivity index (χ4n) is 1.54. The minimum Gasteiger partial charge on any atom is -0.465 e. The standard InChI is InChI=1S/C14H12BrNO2S/c1-18-14(17)12-8-10(16)4-7-13(12)19-11-5-2-9(15)3-6-11/h2-8H,16H2,1H3. The molecule has 5 heteroatoms. The number of esters is 1. The van der Waals surface area contributed by atoms with E-state index in [9.17, 15) is 4.79 Å². The van der Waals surface area contributed by atoms with E-state index < -0.39 is 0 Å². The summed E-state index contributed by atoms with van der Waals surface area (Å²) in [4.78, 5) is 13.6. The van der Waals surface area contributed by atoms with E-state index in [2.05, 4.69) is 15.9 Å². The number of carbonyl (C=O) groups is 1. The number of nitrogen functional groups attached to an aromatic ring is 1. The predicted octanol–water partition coefficient (Wildman–Crippen LogP) is 3.97. The molecule has 3 nitrogen and oxygen atoms in total. The molecule has 0 radical (unpaired) electrons. The second-order valence-corrected chi connectivity index (χ2v) is 5.83. The highest BCUT2D eigenvalue weighted by Gasteiger charge is 2.13. The van der Waals surface area contributed by atoms with E-state index in [0.29, 0.717) is 11.3 Å². The molecule has 2 N–H and O–H groups in total. The highest BCUT2D eigenvalue weighted by atomic mass is 79.9. The predicted molar refractivity (Wildman–Crippen MR) is 80.5 cm³/mol. The number of benzene rings is 2. The number of nitrogens with two attached hydrogens (primary N) is 1. The van der Waals surface area contributed by atoms with Crippen LogP contribution in [0.2, 0.25) is 0 Å². The Kier molecular flexibility index (Phi) is 4.50. The first-order valence-electron chi connectivity index (χ1n) is 5.51. The van der Waals surface area contributed by atoms with Gasteiger partial charge < -0.3 is 10.5 Å². The van der Waals surface area contributed by atoms with Crippen LogP contribution in [0.4, 0.5) is 5.69 Å². The molecule has 0 aliphatic heterocycles. The molecule has 0 aliphatic carbocycles. The van der Waals surface area contributed by atoms with Crippen molar-refractivity contribution >= 4 is 39.3 Å². The number of rotatable bonds is 3. The van der Waals surface area contributed by atoms with Gasteiger partial charge in [-0.2, -0.15) is 0 Å². The van der Waals surface area contributed by atoms with Gasteiger partial charge in [0.25, 0.3) is 0 Å². The highest BCUT2D eigenvalue weighted by Crippen LogP contribution is 2.32. The molecular formula is C14H12BrNO2S. The van der Waals surface area contributed by atoms with Crippen LogP contribution in [0.1, 0.15) is 10.4 Å². The Labute approximate surface area is 124 Å². The smallest absolute Gasteiger partial charge is 0.339 e. The molecule has 0 bridgehead atoms. The quantitative estimate of drug-likeness (QED) is 0.680. The van der Waals surface area contributed by atoms with Crippen LogP contribution < -0.4 is 5.73 Å². The molecule has 0 amide bonds. The number of hydrogen-bond acceptors (Lipinski definition) is 4. The van der Waals surface area contributed by atoms with Gasteiger partial charge in [0.1, 0.15) is 0 Å². The second kappa shape index (κ2) is 6.12. The summed E-state index contributed by atoms with van der Waals surface area (Å²) in [5, 5.41) is 0. The van der Waals surface area contributed by atoms with Gasteiger partial charge in [0, 0.05) is 20.0 Å². The molecule has 0 aliphatic rings. The van der Waals surface area contributed by atoms with E-state index in [-0.39, 0.29) is 5.97 Å². The third-order valence-corrected chi connectivity index (χ3v) is 4.06. The van der Waals surface area contributed by atoms with E-state index >= 15 is 0 Å². The molecule has 0 unspecified atom stereocenters. The van der Waals surface area contributed by atoms with Crippen LogP contribution in [0.15, 0.2) is 56.7 Å². The molecule has 0 atom stereocenters. The Bertz CT molecular complexity index is 599. The largest absolute Gasteiger partial charge is 0.465 e. The zero-order chi connectivity index (χ0) is 13.8. The lowest BCUT2D eigenvalue weighted by atomic mass is 10.2. The van der Waals surface area contributed by atoms with E-state index in [1.165, 1.54) is 18.9 Å². The lowest BCUT2D eigenvalue weighted by Crippen LogP contribution is -2.04. The van der Waals surface area contributed by atoms with Crippen molar-refractivity contribution in [1.29, 1.82) is 0 Å². The van der Waals surface area contributed by atoms with Gasteiger partial charge in [0.05, 0.1) is 12.7 Å². The normalized spacial score (nSPS) is 10.2. The molecule has 19 heavy (non-hydrogen) atoms. The van der Waals surface area contributed by atoms with Gasteiger partial charge in [0.15, 0.2) is 0 Å². The highest BCUT2D eigenvalue weighted by molar-refractivity contribution is 9.10. The summed E-state index contributed by atoms with van der Waals surface area (Å²) in [7, 11) is 1.36. The molecule has 0 heterocycles. The maximum absolute atomic E-state index is 11.7. The van der Waals surface area contributed by atoms with E-state index in [1.54, 1.807) is 12.1 Å². The van der Waals surface area contributed by atoms with Crippen molar-refractivity contribution in [3.05, 3.63) is 52.5 Å². The minimum absolute atomic E-state index is 0.382. The van der Waals surface area contributed by atoms with Gasteiger partial charge in [-0.25, -0.2) is 4.79 Å². The van der Waals surface area contributed by atoms with Crippen LogP contribution >= 0.6 is 27.7 Å². The van der Waals surface area contributed by atoms with Crippen LogP contribution in [-0.2, 0) is 4.74 Å². The molecule has 0 spiro atoms. The van der Waals surface area contributed by atoms with Gasteiger partial charge in [-0.05, 0) is 42.5 Å². The van der Waals surface area contributed by atoms with E-state index in [0.717, 1.165) is 14.3 Å². The summed E-state index contributed by atoms with van der Waals surface area (Å²) in [5.74, 6) is -0.382. The monoisotopic (exact) mass is 337 g/mol. The Morgan fingerprint density at radius 3 is 2.53 bits per heavy atom. The van der Waals surface area contributed by atoms with E-state index in [4.69, 9.17) is 10.5 Å². The Balaban J connectivity index is 2.34. The maximum atomic E-state index is 11.7. The molecule has 0 saturated heterocycles. The molecular weight excluding hydrogens is 326 g/mol. The summed E-state index contributed by atoms with van der Waals surface area (Å²) >= 11 is 4.89. The molecule has 98 valence electrons. The van der Waals surface area contributed by atoms with Gasteiger partial charge in [0.2, 0.25) is 0 Å². The SMILES string of the molecule is COC(=O)c1cc(N)ccc1Sc1ccc(Br)cc1. The maximum Gasteiger partial charge on any atom is 0.339 e. The lowest BCUT2D eigenvalue weighted by molar-refractivity contribution is 0.0597. The van der Waals surface area contributed by atoms with Crippen LogP contribution in [0.5, 0.6) is 0 Å². The second-order valence-electron chi connectivity index (χ2n) is 3.80. The number of ether oxygens (including phenoxy) is 1. The van der Waals surface area contributed by atoms with Crippen LogP contribution in [0, 0.1) is 0 Å². The molecule has 0 saturated carbocycles. The summed E-state index contributed by atoms with van der Waals surface area (Å²) in [6.07, 6.45) is 0. The van der Waals surface area contributed by atoms with Crippen molar-refractivity contribution in [2.24, 2.45) is 0 Å². The van der Waals surface area contributed by atoms with Gasteiger partial charge in [-0.15, -0.1) is 0 Å². The van der Waals surface area contributed by atoms with Gasteiger partial charge in [-0.3, -0.25) is 0 Å². The van der Waals surface area contributed by atoms with E-state index in [1.807, 2.05) is 30.3 Å². The zero-order valence-corrected chi connectivity index (χ0v) is 12.6. The lowest BCUT2D eigenvalue weighted by Gasteiger charge is -2.08. The van der Waals surface area contributed by atoms with Crippen LogP contribution in [0.25, 0.3) is 0 Å². The number of anilines is 1. The fourth-order valence-corrected chi connectivity index (χ4v) is 2.71. The van der Waals surface area contributed by atoms with Crippen LogP contribution in [-0.4, -0.2) is 13.1 Å². The topological polar surface area (TPSA) is 52.3 Å². The van der Waals surface area contributed by atoms with Crippen molar-refractivity contribution in [2.75, 3.05) is 12.8 Å². The molecule has 2 aromatic carbocycles. The Hall–Kier alpha value is -1.46. The third-order valence-electron chi connectivity index (χ3n) is 2.45. The Morgan fingerprint density at radius 2 is 1.89 bits per heavy atom. The number of halogens is 1. The average Bonchev–Trinajstić information content (AvgIpc) is 2.42. The summed E-state index contributed by atoms with van der Waals surface area (Å²) < 4.78 is 5.79. The molecule has 0 fully saturated rings. The third kappa shape index (κ3) is 3.52. The average molecular weight is 338 g/mol. The number of carbonyl (C=O) groups excluding carboxylic acids is 1. The fraction of sp³-hybridized carbons (Fsp3) is 0.0714. The first-order valence-corrected chi connectivity index (χ1v) is 7.12. The number of methoxy groups -OCH3 is 1. The first-order chi connectivity index (χ1) is 9.10. The molecule has 2 rings (SSSR count). The van der Waals surface area contributed by atoms with Gasteiger partial charge in [-0.1, -0.05) is 27.7 Å². The molecule has 2 aromatic rings. The van der Waals surface area contributed by atoms with Crippen molar-refractivity contribution in [1.82, 2.24) is 0 Å². The van der Waals surface area contributed by atoms with Crippen molar-refractivity contribution < 1.29 is 9.53 Å². The summed E-state index contributed by atoms with van der Waals surface area (Å²) in [6.45, 7) is 0. The Morgan fingerprint density at radius 1 is 1.21 bits per heavy atom. The molecule has 0 aromatic heterocycles. The van der Waals surface area contributed by atoms with Crippen molar-refractivity contribution in [3.8, 4) is 0 Å². The minimum atomic E-state index is -0.382. The van der Waals surface area contributed by atoms with Gasteiger partial charge >= 0.3 is 5.97 Å². The van der Waals surface area contributed by atoms with Crippen molar-refractivity contribution in [2.45, 2.75) is 9.79 Å². The summed E-state index contributed by atoms with van der Waals surface area (Å²) in [6, 6.07) is 13.1. The number of hydrogen-bond donors (Lipinski definition) is 1. The first kappa shape index (κ1) is 14.0. The zero-order valence-electron chi connectivity index (χ0n) is 10.2.